The number of hydrogen-bond acceptors (Lipinski definition) is 4. The van der Waals surface area contributed by atoms with E-state index < -0.39 is 0 Å². The van der Waals surface area contributed by atoms with Crippen LogP contribution in [0.5, 0.6) is 0 Å². The number of carbonyl (C=O) groups is 1. The molecule has 4 heteroatoms. The molecule has 0 amide bonds. The summed E-state index contributed by atoms with van der Waals surface area (Å²) in [5.74, 6) is 0. The number of aliphatic imine (C=N–C) groups is 1. The fourth-order valence-electron chi connectivity index (χ4n) is 2.49. The van der Waals surface area contributed by atoms with E-state index in [0.29, 0.717) is 5.57 Å². The van der Waals surface area contributed by atoms with Crippen molar-refractivity contribution in [2.75, 3.05) is 7.05 Å². The number of fused-ring (bicyclic) bond motifs is 1. The van der Waals surface area contributed by atoms with Gasteiger partial charge in [-0.2, -0.15) is 0 Å². The highest BCUT2D eigenvalue weighted by atomic mass is 16.1. The van der Waals surface area contributed by atoms with Crippen molar-refractivity contribution < 1.29 is 4.79 Å². The van der Waals surface area contributed by atoms with E-state index in [9.17, 15) is 4.79 Å². The highest BCUT2D eigenvalue weighted by molar-refractivity contribution is 6.11. The molecule has 0 fully saturated rings. The van der Waals surface area contributed by atoms with Crippen molar-refractivity contribution >= 4 is 22.9 Å². The topological polar surface area (TPSA) is 55.2 Å². The van der Waals surface area contributed by atoms with Crippen LogP contribution in [0.15, 0.2) is 71.5 Å². The quantitative estimate of drug-likeness (QED) is 0.417. The first-order chi connectivity index (χ1) is 11.7. The summed E-state index contributed by atoms with van der Waals surface area (Å²) in [4.78, 5) is 24.1. The van der Waals surface area contributed by atoms with E-state index >= 15 is 0 Å². The lowest BCUT2D eigenvalue weighted by molar-refractivity contribution is -0.104. The summed E-state index contributed by atoms with van der Waals surface area (Å²) < 4.78 is 0. The second-order valence-corrected chi connectivity index (χ2v) is 5.46. The molecule has 0 saturated heterocycles. The van der Waals surface area contributed by atoms with Crippen LogP contribution in [0.4, 0.5) is 0 Å². The standard InChI is InChI=1S/C20H17N3O/c1-14(13-24)9-19(21-2)16-7-8-22-20(11-16)17-10-15-5-3-4-6-18(15)23-12-17/h3-13H,1-2H3/b14-9+,21-19?. The molecule has 118 valence electrons. The van der Waals surface area contributed by atoms with Crippen LogP contribution < -0.4 is 0 Å². The lowest BCUT2D eigenvalue weighted by atomic mass is 10.0. The van der Waals surface area contributed by atoms with Crippen molar-refractivity contribution in [1.29, 1.82) is 0 Å². The van der Waals surface area contributed by atoms with Gasteiger partial charge in [0.25, 0.3) is 0 Å². The summed E-state index contributed by atoms with van der Waals surface area (Å²) in [6.07, 6.45) is 6.16. The van der Waals surface area contributed by atoms with Crippen LogP contribution in [0.3, 0.4) is 0 Å². The van der Waals surface area contributed by atoms with Gasteiger partial charge >= 0.3 is 0 Å². The maximum Gasteiger partial charge on any atom is 0.145 e. The summed E-state index contributed by atoms with van der Waals surface area (Å²) in [5, 5.41) is 1.07. The normalized spacial score (nSPS) is 12.4. The molecule has 0 aliphatic rings. The van der Waals surface area contributed by atoms with Gasteiger partial charge in [-0.25, -0.2) is 0 Å². The molecule has 0 bridgehead atoms. The number of aldehydes is 1. The number of hydrogen-bond donors (Lipinski definition) is 0. The van der Waals surface area contributed by atoms with Gasteiger partial charge in [-0.15, -0.1) is 0 Å². The van der Waals surface area contributed by atoms with Gasteiger partial charge in [0, 0.05) is 36.0 Å². The summed E-state index contributed by atoms with van der Waals surface area (Å²) >= 11 is 0. The lowest BCUT2D eigenvalue weighted by Gasteiger charge is -2.06. The zero-order valence-corrected chi connectivity index (χ0v) is 13.6. The number of pyridine rings is 2. The number of allylic oxidation sites excluding steroid dienone is 2. The summed E-state index contributed by atoms with van der Waals surface area (Å²) in [7, 11) is 1.71. The number of benzene rings is 1. The van der Waals surface area contributed by atoms with Gasteiger partial charge in [0.15, 0.2) is 0 Å². The van der Waals surface area contributed by atoms with Crippen LogP contribution in [-0.4, -0.2) is 29.0 Å². The summed E-state index contributed by atoms with van der Waals surface area (Å²) in [6, 6.07) is 13.9. The van der Waals surface area contributed by atoms with E-state index in [-0.39, 0.29) is 0 Å². The summed E-state index contributed by atoms with van der Waals surface area (Å²) in [6.45, 7) is 1.76. The molecule has 0 aliphatic heterocycles. The van der Waals surface area contributed by atoms with E-state index in [0.717, 1.165) is 39.7 Å². The molecule has 0 aliphatic carbocycles. The number of aromatic nitrogens is 2. The molecule has 0 saturated carbocycles. The Morgan fingerprint density at radius 3 is 2.75 bits per heavy atom. The van der Waals surface area contributed by atoms with Gasteiger partial charge in [0.2, 0.25) is 0 Å². The zero-order valence-electron chi connectivity index (χ0n) is 13.6. The first-order valence-corrected chi connectivity index (χ1v) is 7.63. The zero-order chi connectivity index (χ0) is 16.9. The van der Waals surface area contributed by atoms with Crippen molar-refractivity contribution in [2.45, 2.75) is 6.92 Å². The third-order valence-corrected chi connectivity index (χ3v) is 3.73. The molecule has 0 atom stereocenters. The molecule has 0 spiro atoms. The van der Waals surface area contributed by atoms with Crippen molar-refractivity contribution in [3.63, 3.8) is 0 Å². The number of rotatable bonds is 4. The molecule has 4 nitrogen and oxygen atoms in total. The Kier molecular flexibility index (Phi) is 4.57. The molecule has 0 radical (unpaired) electrons. The average molecular weight is 315 g/mol. The van der Waals surface area contributed by atoms with Gasteiger partial charge in [-0.05, 0) is 42.8 Å². The molecule has 2 heterocycles. The van der Waals surface area contributed by atoms with Crippen LogP contribution >= 0.6 is 0 Å². The second-order valence-electron chi connectivity index (χ2n) is 5.46. The molecule has 3 aromatic rings. The minimum absolute atomic E-state index is 0.626. The Morgan fingerprint density at radius 2 is 1.96 bits per heavy atom. The van der Waals surface area contributed by atoms with Crippen LogP contribution in [-0.2, 0) is 4.79 Å². The van der Waals surface area contributed by atoms with Crippen molar-refractivity contribution in [3.05, 3.63) is 72.1 Å². The SMILES string of the molecule is CN=C(/C=C(\C)C=O)c1ccnc(-c2cnc3ccccc3c2)c1. The minimum Gasteiger partial charge on any atom is -0.298 e. The Labute approximate surface area is 140 Å². The maximum atomic E-state index is 10.9. The largest absolute Gasteiger partial charge is 0.298 e. The van der Waals surface area contributed by atoms with Crippen molar-refractivity contribution in [3.8, 4) is 11.3 Å². The monoisotopic (exact) mass is 315 g/mol. The van der Waals surface area contributed by atoms with Crippen molar-refractivity contribution in [2.24, 2.45) is 4.99 Å². The second kappa shape index (κ2) is 6.96. The molecule has 1 aromatic carbocycles. The third-order valence-electron chi connectivity index (χ3n) is 3.73. The van der Waals surface area contributed by atoms with E-state index in [1.165, 1.54) is 0 Å². The van der Waals surface area contributed by atoms with Crippen LogP contribution in [0.25, 0.3) is 22.2 Å². The Morgan fingerprint density at radius 1 is 1.12 bits per heavy atom. The third kappa shape index (κ3) is 3.27. The van der Waals surface area contributed by atoms with Gasteiger partial charge in [-0.1, -0.05) is 18.2 Å². The molecule has 3 rings (SSSR count). The van der Waals surface area contributed by atoms with Gasteiger partial charge < -0.3 is 0 Å². The number of para-hydroxylation sites is 1. The first kappa shape index (κ1) is 15.7. The molecule has 0 unspecified atom stereocenters. The Hall–Kier alpha value is -3.14. The lowest BCUT2D eigenvalue weighted by Crippen LogP contribution is -2.00. The predicted molar refractivity (Wildman–Crippen MR) is 97.3 cm³/mol. The van der Waals surface area contributed by atoms with Crippen molar-refractivity contribution in [1.82, 2.24) is 9.97 Å². The molecule has 24 heavy (non-hydrogen) atoms. The van der Waals surface area contributed by atoms with Crippen LogP contribution in [0.2, 0.25) is 0 Å². The molecule has 0 N–H and O–H groups in total. The Bertz CT molecular complexity index is 958. The number of nitrogens with zero attached hydrogens (tertiary/aromatic N) is 3. The number of carbonyl (C=O) groups excluding carboxylic acids is 1. The van der Waals surface area contributed by atoms with Gasteiger partial charge in [-0.3, -0.25) is 19.8 Å². The fourth-order valence-corrected chi connectivity index (χ4v) is 2.49. The van der Waals surface area contributed by atoms with Crippen LogP contribution in [0.1, 0.15) is 12.5 Å². The molecule has 2 aromatic heterocycles. The highest BCUT2D eigenvalue weighted by Crippen LogP contribution is 2.22. The minimum atomic E-state index is 0.626. The fraction of sp³-hybridized carbons (Fsp3) is 0.100. The molecular weight excluding hydrogens is 298 g/mol. The highest BCUT2D eigenvalue weighted by Gasteiger charge is 2.06. The van der Waals surface area contributed by atoms with Crippen LogP contribution in [0, 0.1) is 0 Å². The Balaban J connectivity index is 2.04. The molecular formula is C20H17N3O. The predicted octanol–water partition coefficient (Wildman–Crippen LogP) is 3.86. The van der Waals surface area contributed by atoms with E-state index in [2.05, 4.69) is 21.0 Å². The maximum absolute atomic E-state index is 10.9. The van der Waals surface area contributed by atoms with E-state index in [1.807, 2.05) is 42.6 Å². The first-order valence-electron chi connectivity index (χ1n) is 7.63. The van der Waals surface area contributed by atoms with E-state index in [1.54, 1.807) is 26.2 Å². The van der Waals surface area contributed by atoms with Gasteiger partial charge in [0.05, 0.1) is 16.9 Å². The summed E-state index contributed by atoms with van der Waals surface area (Å²) in [5.41, 5.74) is 5.01. The average Bonchev–Trinajstić information content (AvgIpc) is 2.65. The van der Waals surface area contributed by atoms with Gasteiger partial charge in [0.1, 0.15) is 6.29 Å². The smallest absolute Gasteiger partial charge is 0.145 e. The van der Waals surface area contributed by atoms with E-state index in [4.69, 9.17) is 0 Å².